The van der Waals surface area contributed by atoms with Crippen LogP contribution >= 0.6 is 27.5 Å². The molecule has 0 radical (unpaired) electrons. The molecule has 1 aliphatic rings. The van der Waals surface area contributed by atoms with Gasteiger partial charge in [-0.3, -0.25) is 4.79 Å². The third kappa shape index (κ3) is 3.12. The number of rotatable bonds is 2. The van der Waals surface area contributed by atoms with E-state index in [0.29, 0.717) is 10.6 Å². The highest BCUT2D eigenvalue weighted by molar-refractivity contribution is 9.10. The monoisotopic (exact) mass is 364 g/mol. The van der Waals surface area contributed by atoms with E-state index in [1.54, 1.807) is 18.2 Å². The van der Waals surface area contributed by atoms with Gasteiger partial charge in [0.2, 0.25) is 0 Å². The van der Waals surface area contributed by atoms with Crippen LogP contribution in [0.3, 0.4) is 0 Å². The minimum absolute atomic E-state index is 0.142. The van der Waals surface area contributed by atoms with Gasteiger partial charge in [-0.05, 0) is 64.3 Å². The molecule has 21 heavy (non-hydrogen) atoms. The molecule has 2 aromatic carbocycles. The van der Waals surface area contributed by atoms with Crippen molar-refractivity contribution in [3.63, 3.8) is 0 Å². The molecular formula is C16H14BrClN2O. The minimum atomic E-state index is -0.142. The number of benzene rings is 2. The third-order valence-corrected chi connectivity index (χ3v) is 4.80. The van der Waals surface area contributed by atoms with Crippen molar-refractivity contribution >= 4 is 39.1 Å². The van der Waals surface area contributed by atoms with Gasteiger partial charge in [-0.15, -0.1) is 0 Å². The Labute approximate surface area is 136 Å². The van der Waals surface area contributed by atoms with Gasteiger partial charge in [0.25, 0.3) is 5.91 Å². The number of fused-ring (bicyclic) bond motifs is 1. The van der Waals surface area contributed by atoms with E-state index in [-0.39, 0.29) is 5.91 Å². The zero-order valence-corrected chi connectivity index (χ0v) is 13.6. The van der Waals surface area contributed by atoms with Crippen LogP contribution in [0.1, 0.15) is 21.5 Å². The number of hydrogen-bond donors (Lipinski definition) is 2. The van der Waals surface area contributed by atoms with E-state index in [0.717, 1.165) is 29.7 Å². The topological polar surface area (TPSA) is 41.1 Å². The predicted molar refractivity (Wildman–Crippen MR) is 89.0 cm³/mol. The molecule has 2 N–H and O–H groups in total. The number of anilines is 1. The number of halogens is 2. The first kappa shape index (κ1) is 14.6. The van der Waals surface area contributed by atoms with Gasteiger partial charge in [0, 0.05) is 22.3 Å². The Morgan fingerprint density at radius 2 is 2.14 bits per heavy atom. The van der Waals surface area contributed by atoms with Crippen LogP contribution in [0.2, 0.25) is 5.02 Å². The summed E-state index contributed by atoms with van der Waals surface area (Å²) in [5, 5.41) is 6.85. The average Bonchev–Trinajstić information content (AvgIpc) is 2.50. The van der Waals surface area contributed by atoms with Crippen molar-refractivity contribution < 1.29 is 4.79 Å². The van der Waals surface area contributed by atoms with Crippen molar-refractivity contribution in [2.75, 3.05) is 11.9 Å². The van der Waals surface area contributed by atoms with E-state index in [1.165, 1.54) is 11.1 Å². The van der Waals surface area contributed by atoms with Gasteiger partial charge < -0.3 is 10.6 Å². The maximum atomic E-state index is 12.4. The molecule has 0 spiro atoms. The average molecular weight is 366 g/mol. The predicted octanol–water partition coefficient (Wildman–Crippen LogP) is 4.00. The van der Waals surface area contributed by atoms with E-state index in [1.807, 2.05) is 12.1 Å². The van der Waals surface area contributed by atoms with Gasteiger partial charge >= 0.3 is 0 Å². The fourth-order valence-electron chi connectivity index (χ4n) is 2.48. The summed E-state index contributed by atoms with van der Waals surface area (Å²) in [5.41, 5.74) is 3.90. The molecule has 0 saturated heterocycles. The van der Waals surface area contributed by atoms with Crippen molar-refractivity contribution in [3.05, 3.63) is 62.6 Å². The summed E-state index contributed by atoms with van der Waals surface area (Å²) in [7, 11) is 0. The summed E-state index contributed by atoms with van der Waals surface area (Å²) < 4.78 is 0.781. The molecule has 0 aromatic heterocycles. The lowest BCUT2D eigenvalue weighted by Gasteiger charge is -2.20. The summed E-state index contributed by atoms with van der Waals surface area (Å²) in [5.74, 6) is -0.142. The van der Waals surface area contributed by atoms with Gasteiger partial charge in [-0.2, -0.15) is 0 Å². The highest BCUT2D eigenvalue weighted by atomic mass is 79.9. The second-order valence-corrected chi connectivity index (χ2v) is 6.21. The smallest absolute Gasteiger partial charge is 0.255 e. The van der Waals surface area contributed by atoms with E-state index in [9.17, 15) is 4.79 Å². The number of nitrogens with one attached hydrogen (secondary N) is 2. The molecular weight excluding hydrogens is 352 g/mol. The van der Waals surface area contributed by atoms with Crippen LogP contribution in [0.15, 0.2) is 40.9 Å². The number of hydrogen-bond acceptors (Lipinski definition) is 2. The lowest BCUT2D eigenvalue weighted by Crippen LogP contribution is -2.25. The third-order valence-electron chi connectivity index (χ3n) is 3.57. The van der Waals surface area contributed by atoms with Crippen LogP contribution in [0.4, 0.5) is 5.69 Å². The second-order valence-electron chi connectivity index (χ2n) is 4.95. The van der Waals surface area contributed by atoms with Crippen LogP contribution in [0.25, 0.3) is 0 Å². The molecule has 0 atom stereocenters. The maximum absolute atomic E-state index is 12.4. The molecule has 0 aliphatic carbocycles. The zero-order valence-electron chi connectivity index (χ0n) is 11.2. The SMILES string of the molecule is O=C(Nc1cccc2c1CCNC2)c1ccc(Br)c(Cl)c1. The van der Waals surface area contributed by atoms with Crippen LogP contribution in [-0.2, 0) is 13.0 Å². The van der Waals surface area contributed by atoms with E-state index in [2.05, 4.69) is 32.6 Å². The summed E-state index contributed by atoms with van der Waals surface area (Å²) >= 11 is 9.37. The molecule has 1 heterocycles. The summed E-state index contributed by atoms with van der Waals surface area (Å²) in [6, 6.07) is 11.2. The molecule has 3 rings (SSSR count). The van der Waals surface area contributed by atoms with Gasteiger partial charge in [0.1, 0.15) is 0 Å². The molecule has 5 heteroatoms. The van der Waals surface area contributed by atoms with Crippen molar-refractivity contribution in [2.45, 2.75) is 13.0 Å². The molecule has 0 unspecified atom stereocenters. The van der Waals surface area contributed by atoms with Gasteiger partial charge in [0.15, 0.2) is 0 Å². The Morgan fingerprint density at radius 1 is 1.29 bits per heavy atom. The lowest BCUT2D eigenvalue weighted by molar-refractivity contribution is 0.102. The van der Waals surface area contributed by atoms with Crippen LogP contribution in [0.5, 0.6) is 0 Å². The van der Waals surface area contributed by atoms with Crippen LogP contribution < -0.4 is 10.6 Å². The van der Waals surface area contributed by atoms with Gasteiger partial charge in [-0.25, -0.2) is 0 Å². The molecule has 0 fully saturated rings. The Kier molecular flexibility index (Phi) is 4.29. The van der Waals surface area contributed by atoms with Crippen LogP contribution in [0, 0.1) is 0 Å². The zero-order chi connectivity index (χ0) is 14.8. The number of amides is 1. The van der Waals surface area contributed by atoms with E-state index < -0.39 is 0 Å². The first-order valence-corrected chi connectivity index (χ1v) is 7.90. The van der Waals surface area contributed by atoms with Crippen molar-refractivity contribution in [1.82, 2.24) is 5.32 Å². The molecule has 3 nitrogen and oxygen atoms in total. The lowest BCUT2D eigenvalue weighted by atomic mass is 9.99. The Balaban J connectivity index is 1.86. The Morgan fingerprint density at radius 3 is 2.95 bits per heavy atom. The molecule has 0 bridgehead atoms. The van der Waals surface area contributed by atoms with Crippen molar-refractivity contribution in [3.8, 4) is 0 Å². The Hall–Kier alpha value is -1.36. The minimum Gasteiger partial charge on any atom is -0.322 e. The summed E-state index contributed by atoms with van der Waals surface area (Å²) in [6.45, 7) is 1.78. The quantitative estimate of drug-likeness (QED) is 0.844. The van der Waals surface area contributed by atoms with Gasteiger partial charge in [-0.1, -0.05) is 23.7 Å². The highest BCUT2D eigenvalue weighted by Gasteiger charge is 2.15. The Bertz CT molecular complexity index is 703. The molecule has 1 amide bonds. The summed E-state index contributed by atoms with van der Waals surface area (Å²) in [6.07, 6.45) is 0.923. The number of carbonyl (C=O) groups excluding carboxylic acids is 1. The molecule has 108 valence electrons. The highest BCUT2D eigenvalue weighted by Crippen LogP contribution is 2.26. The molecule has 0 saturated carbocycles. The summed E-state index contributed by atoms with van der Waals surface area (Å²) in [4.78, 5) is 12.4. The van der Waals surface area contributed by atoms with Crippen molar-refractivity contribution in [1.29, 1.82) is 0 Å². The van der Waals surface area contributed by atoms with Gasteiger partial charge in [0.05, 0.1) is 5.02 Å². The molecule has 2 aromatic rings. The maximum Gasteiger partial charge on any atom is 0.255 e. The first-order chi connectivity index (χ1) is 10.1. The fraction of sp³-hybridized carbons (Fsp3) is 0.188. The molecule has 1 aliphatic heterocycles. The fourth-order valence-corrected chi connectivity index (χ4v) is 2.91. The standard InChI is InChI=1S/C16H14BrClN2O/c17-13-5-4-10(8-14(13)18)16(21)20-15-3-1-2-11-9-19-7-6-12(11)15/h1-5,8,19H,6-7,9H2,(H,20,21). The van der Waals surface area contributed by atoms with Crippen molar-refractivity contribution in [2.24, 2.45) is 0 Å². The van der Waals surface area contributed by atoms with Crippen LogP contribution in [-0.4, -0.2) is 12.5 Å². The van der Waals surface area contributed by atoms with E-state index >= 15 is 0 Å². The second kappa shape index (κ2) is 6.18. The largest absolute Gasteiger partial charge is 0.322 e. The number of carbonyl (C=O) groups is 1. The normalized spacial score (nSPS) is 13.6. The van der Waals surface area contributed by atoms with E-state index in [4.69, 9.17) is 11.6 Å². The first-order valence-electron chi connectivity index (χ1n) is 6.73.